The predicted octanol–water partition coefficient (Wildman–Crippen LogP) is -3.70. The van der Waals surface area contributed by atoms with Gasteiger partial charge in [0.15, 0.2) is 11.9 Å². The molecule has 0 aromatic heterocycles. The third-order valence-electron chi connectivity index (χ3n) is 9.73. The number of amides is 8. The molecule has 2 aromatic rings. The number of nitrogens with two attached hydrogens (primary N) is 2. The first-order valence-corrected chi connectivity index (χ1v) is 20.5. The summed E-state index contributed by atoms with van der Waals surface area (Å²) < 4.78 is 0. The standard InChI is InChI=1S/C41H60N14O8/c1-23(18-49-40(42)43)14-28-36(60)47-22-34(58)53-29(15-24(2)19-50-41(44)45)38(62)51-25(3)35(59)46-20-32(56)54-31(17-27-12-8-5-9-13-27)39(63)55-30(16-26-10-6-4-7-11-26)37(61)48-21-33(57)52-28/h4-13,23-25,28-31H,14-22H2,1-3H3,(H,46,59)(H,47,60)(H,48,61)(H,51,62)(H,52,57)(H,53,58)(H,54,56)(H,55,63)(H4,42,43,49)(H4,44,45,50)/t23?,24?,25-,28+,29+,30-,31+/m0/s1. The van der Waals surface area contributed by atoms with Crippen molar-refractivity contribution < 1.29 is 38.4 Å². The fourth-order valence-electron chi connectivity index (χ4n) is 6.41. The molecule has 8 amide bonds. The van der Waals surface area contributed by atoms with E-state index in [1.807, 2.05) is 0 Å². The van der Waals surface area contributed by atoms with Crippen molar-refractivity contribution in [3.05, 3.63) is 71.8 Å². The topological polar surface area (TPSA) is 357 Å². The zero-order chi connectivity index (χ0) is 46.5. The maximum Gasteiger partial charge on any atom is 0.243 e. The number of hydrogen-bond acceptors (Lipinski definition) is 10. The molecule has 0 aliphatic carbocycles. The Morgan fingerprint density at radius 1 is 0.540 bits per heavy atom. The quantitative estimate of drug-likeness (QED) is 0.0724. The van der Waals surface area contributed by atoms with Crippen LogP contribution in [0.1, 0.15) is 44.7 Å². The summed E-state index contributed by atoms with van der Waals surface area (Å²) in [4.78, 5) is 108. The summed E-state index contributed by atoms with van der Waals surface area (Å²) in [7, 11) is 0. The highest BCUT2D eigenvalue weighted by atomic mass is 16.2. The van der Waals surface area contributed by atoms with Gasteiger partial charge in [0.05, 0.1) is 19.6 Å². The molecule has 1 heterocycles. The average Bonchev–Trinajstić information content (AvgIpc) is 3.24. The van der Waals surface area contributed by atoms with Gasteiger partial charge in [0, 0.05) is 25.9 Å². The Hall–Kier alpha value is -7.26. The SMILES string of the molecule is CC(CNC(=N)N)C[C@H]1NC(=O)CNC(=O)[C@H](Cc2ccccc2)NC(=O)[C@@H](Cc2ccccc2)NC(=O)CNC(=O)[C@H](C)NC(=O)[C@@H](CC(C)CNC(=N)N)NC(=O)CNC1=O. The van der Waals surface area contributed by atoms with Gasteiger partial charge in [-0.2, -0.15) is 0 Å². The lowest BCUT2D eigenvalue weighted by Gasteiger charge is -2.25. The number of benzene rings is 2. The minimum absolute atomic E-state index is 0.000276. The van der Waals surface area contributed by atoms with Gasteiger partial charge >= 0.3 is 0 Å². The molecule has 1 aliphatic rings. The lowest BCUT2D eigenvalue weighted by molar-refractivity contribution is -0.134. The maximum absolute atomic E-state index is 14.0. The molecule has 16 N–H and O–H groups in total. The summed E-state index contributed by atoms with van der Waals surface area (Å²) in [5, 5.41) is 40.6. The van der Waals surface area contributed by atoms with Gasteiger partial charge in [-0.3, -0.25) is 49.2 Å². The summed E-state index contributed by atoms with van der Waals surface area (Å²) in [6.45, 7) is 3.27. The fraction of sp³-hybridized carbons (Fsp3) is 0.463. The van der Waals surface area contributed by atoms with Crippen LogP contribution in [-0.4, -0.2) is 122 Å². The van der Waals surface area contributed by atoms with Crippen LogP contribution in [0.25, 0.3) is 0 Å². The number of carbonyl (C=O) groups excluding carboxylic acids is 8. The van der Waals surface area contributed by atoms with Crippen molar-refractivity contribution in [2.75, 3.05) is 32.7 Å². The number of rotatable bonds is 12. The Morgan fingerprint density at radius 3 is 1.32 bits per heavy atom. The zero-order valence-corrected chi connectivity index (χ0v) is 35.6. The van der Waals surface area contributed by atoms with E-state index in [1.165, 1.54) is 6.92 Å². The van der Waals surface area contributed by atoms with Crippen molar-refractivity contribution in [2.45, 2.75) is 76.7 Å². The summed E-state index contributed by atoms with van der Waals surface area (Å²) in [6, 6.07) is 11.3. The fourth-order valence-corrected chi connectivity index (χ4v) is 6.41. The highest BCUT2D eigenvalue weighted by Gasteiger charge is 2.31. The Kier molecular flexibility index (Phi) is 20.3. The largest absolute Gasteiger partial charge is 0.370 e. The first-order chi connectivity index (χ1) is 29.9. The van der Waals surface area contributed by atoms with Crippen LogP contribution in [0.15, 0.2) is 60.7 Å². The van der Waals surface area contributed by atoms with Crippen LogP contribution in [0.3, 0.4) is 0 Å². The number of carbonyl (C=O) groups is 8. The molecule has 1 aliphatic heterocycles. The van der Waals surface area contributed by atoms with Crippen LogP contribution in [0.4, 0.5) is 0 Å². The van der Waals surface area contributed by atoms with E-state index in [0.29, 0.717) is 11.1 Å². The van der Waals surface area contributed by atoms with Gasteiger partial charge in [-0.15, -0.1) is 0 Å². The van der Waals surface area contributed by atoms with Gasteiger partial charge in [0.2, 0.25) is 47.3 Å². The molecular weight excluding hydrogens is 817 g/mol. The molecule has 22 heteroatoms. The molecule has 2 unspecified atom stereocenters. The summed E-state index contributed by atoms with van der Waals surface area (Å²) in [5.41, 5.74) is 12.2. The van der Waals surface area contributed by atoms with Crippen LogP contribution in [0.2, 0.25) is 0 Å². The van der Waals surface area contributed by atoms with E-state index in [0.717, 1.165) is 0 Å². The van der Waals surface area contributed by atoms with Crippen molar-refractivity contribution >= 4 is 59.2 Å². The molecule has 1 fully saturated rings. The molecule has 0 saturated carbocycles. The predicted molar refractivity (Wildman–Crippen MR) is 232 cm³/mol. The van der Waals surface area contributed by atoms with Crippen molar-refractivity contribution in [1.29, 1.82) is 10.8 Å². The third kappa shape index (κ3) is 18.9. The second kappa shape index (κ2) is 25.5. The molecule has 2 aromatic carbocycles. The highest BCUT2D eigenvalue weighted by Crippen LogP contribution is 2.10. The monoisotopic (exact) mass is 876 g/mol. The second-order valence-electron chi connectivity index (χ2n) is 15.5. The van der Waals surface area contributed by atoms with E-state index in [9.17, 15) is 38.4 Å². The number of guanidine groups is 2. The van der Waals surface area contributed by atoms with E-state index in [4.69, 9.17) is 22.3 Å². The summed E-state index contributed by atoms with van der Waals surface area (Å²) in [6.07, 6.45) is -0.00231. The molecule has 1 saturated heterocycles. The molecule has 63 heavy (non-hydrogen) atoms. The van der Waals surface area contributed by atoms with Gasteiger partial charge < -0.3 is 64.6 Å². The van der Waals surface area contributed by atoms with Crippen LogP contribution in [-0.2, 0) is 51.2 Å². The van der Waals surface area contributed by atoms with Crippen LogP contribution < -0.4 is 64.6 Å². The van der Waals surface area contributed by atoms with Gasteiger partial charge in [-0.05, 0) is 42.7 Å². The van der Waals surface area contributed by atoms with E-state index in [-0.39, 0.29) is 62.5 Å². The normalized spacial score (nSPS) is 22.4. The number of hydrogen-bond donors (Lipinski definition) is 14. The minimum Gasteiger partial charge on any atom is -0.370 e. The Bertz CT molecular complexity index is 1940. The molecule has 0 spiro atoms. The minimum atomic E-state index is -1.25. The molecule has 22 nitrogen and oxygen atoms in total. The van der Waals surface area contributed by atoms with Crippen LogP contribution >= 0.6 is 0 Å². The van der Waals surface area contributed by atoms with Crippen molar-refractivity contribution in [2.24, 2.45) is 23.3 Å². The second-order valence-corrected chi connectivity index (χ2v) is 15.5. The van der Waals surface area contributed by atoms with E-state index in [1.54, 1.807) is 74.5 Å². The van der Waals surface area contributed by atoms with Crippen molar-refractivity contribution in [1.82, 2.24) is 53.2 Å². The molecule has 7 atom stereocenters. The first-order valence-electron chi connectivity index (χ1n) is 20.5. The first kappa shape index (κ1) is 50.1. The van der Waals surface area contributed by atoms with E-state index in [2.05, 4.69) is 53.2 Å². The van der Waals surface area contributed by atoms with E-state index >= 15 is 0 Å². The zero-order valence-electron chi connectivity index (χ0n) is 35.6. The smallest absolute Gasteiger partial charge is 0.243 e. The van der Waals surface area contributed by atoms with Gasteiger partial charge in [-0.25, -0.2) is 0 Å². The maximum atomic E-state index is 14.0. The van der Waals surface area contributed by atoms with Gasteiger partial charge in [0.25, 0.3) is 0 Å². The van der Waals surface area contributed by atoms with E-state index < -0.39 is 97.1 Å². The molecule has 3 rings (SSSR count). The highest BCUT2D eigenvalue weighted by molar-refractivity contribution is 5.97. The van der Waals surface area contributed by atoms with Gasteiger partial charge in [0.1, 0.15) is 30.2 Å². The van der Waals surface area contributed by atoms with Crippen LogP contribution in [0.5, 0.6) is 0 Å². The molecule has 0 radical (unpaired) electrons. The van der Waals surface area contributed by atoms with Crippen molar-refractivity contribution in [3.63, 3.8) is 0 Å². The number of nitrogens with one attached hydrogen (secondary N) is 12. The molecule has 342 valence electrons. The lowest BCUT2D eigenvalue weighted by Crippen LogP contribution is -2.58. The average molecular weight is 877 g/mol. The van der Waals surface area contributed by atoms with Crippen LogP contribution in [0, 0.1) is 22.7 Å². The molecule has 0 bridgehead atoms. The molecular formula is C41H60N14O8. The lowest BCUT2D eigenvalue weighted by atomic mass is 10.00. The Labute approximate surface area is 365 Å². The van der Waals surface area contributed by atoms with Crippen molar-refractivity contribution in [3.8, 4) is 0 Å². The Morgan fingerprint density at radius 2 is 0.889 bits per heavy atom. The summed E-state index contributed by atoms with van der Waals surface area (Å²) in [5.74, 6) is -7.45. The van der Waals surface area contributed by atoms with Gasteiger partial charge in [-0.1, -0.05) is 74.5 Å². The summed E-state index contributed by atoms with van der Waals surface area (Å²) >= 11 is 0. The third-order valence-corrected chi connectivity index (χ3v) is 9.73. The Balaban J connectivity index is 1.96.